The van der Waals surface area contributed by atoms with Crippen LogP contribution in [-0.4, -0.2) is 90.0 Å². The number of aromatic nitrogens is 2. The highest BCUT2D eigenvalue weighted by atomic mass is 36.0. The van der Waals surface area contributed by atoms with Gasteiger partial charge in [0.25, 0.3) is 17.3 Å². The number of aromatic carboxylic acids is 1. The average Bonchev–Trinajstić information content (AvgIpc) is 3.77. The van der Waals surface area contributed by atoms with E-state index >= 15 is 0 Å². The maximum Gasteiger partial charge on any atom is 0.416 e. The highest BCUT2D eigenvalue weighted by molar-refractivity contribution is 8.26. The molecule has 23 nitrogen and oxygen atoms in total. The lowest BCUT2D eigenvalue weighted by atomic mass is 10.1. The van der Waals surface area contributed by atoms with Crippen LogP contribution >= 0.6 is 21.4 Å². The molecule has 1 aromatic heterocycles. The van der Waals surface area contributed by atoms with E-state index in [-0.39, 0.29) is 53.7 Å². The molecule has 0 saturated carbocycles. The van der Waals surface area contributed by atoms with Crippen LogP contribution in [0.15, 0.2) is 77.2 Å². The van der Waals surface area contributed by atoms with Gasteiger partial charge in [0, 0.05) is 88.5 Å². The first-order valence-electron chi connectivity index (χ1n) is 19.3. The van der Waals surface area contributed by atoms with E-state index in [0.717, 1.165) is 44.6 Å². The van der Waals surface area contributed by atoms with Gasteiger partial charge < -0.3 is 46.8 Å². The fourth-order valence-corrected chi connectivity index (χ4v) is 4.44. The van der Waals surface area contributed by atoms with Crippen molar-refractivity contribution >= 4 is 77.2 Å². The molecule has 13 N–H and O–H groups in total. The van der Waals surface area contributed by atoms with E-state index in [1.54, 1.807) is 19.3 Å². The lowest BCUT2D eigenvalue weighted by Gasteiger charge is -2.09. The van der Waals surface area contributed by atoms with E-state index in [1.165, 1.54) is 6.07 Å². The monoisotopic (exact) mass is 1190 g/mol. The normalized spacial score (nSPS) is 10.5. The fraction of sp³-hybridized carbons (Fsp3) is 0.256. The second-order valence-electron chi connectivity index (χ2n) is 12.8. The number of nitrogens with one attached hydrogen (secondary N) is 1. The molecule has 0 aliphatic heterocycles. The quantitative estimate of drug-likeness (QED) is 0.0113. The second-order valence-corrected chi connectivity index (χ2v) is 15.3. The third-order valence-corrected chi connectivity index (χ3v) is 7.23. The Kier molecular flexibility index (Phi) is 32.6. The van der Waals surface area contributed by atoms with Crippen LogP contribution in [0.3, 0.4) is 0 Å². The minimum absolute atomic E-state index is 0.0494. The average molecular weight is 1190 g/mol. The van der Waals surface area contributed by atoms with Crippen molar-refractivity contribution in [3.8, 4) is 11.5 Å². The van der Waals surface area contributed by atoms with Gasteiger partial charge in [-0.25, -0.2) is 19.6 Å². The minimum Gasteiger partial charge on any atom is -0.478 e. The predicted molar refractivity (Wildman–Crippen MR) is 249 cm³/mol. The number of carbonyl (C=O) groups excluding carboxylic acids is 2. The Labute approximate surface area is 435 Å². The first-order valence-corrected chi connectivity index (χ1v) is 22.1. The number of nitro groups is 2. The molecule has 0 unspecified atom stereocenters. The largest absolute Gasteiger partial charge is 0.478 e. The van der Waals surface area contributed by atoms with Crippen molar-refractivity contribution < 1.29 is 111 Å². The SMILES string of the molecule is CCO.CCO.CO.COC(=O)c1cc([N+](=O)[O-])cc(C(F)(F)F)c1.NNC(=O)c1cc(N)cc(C(F)(F)F)c1.Nc1cc(-c2nnc(N)o2)cc(C(F)(F)F)c1.O=C(O)c1cc([N+](=O)[O-])cc(C(F)(F)F)c1.O=S(Cl)Cl. The van der Waals surface area contributed by atoms with Gasteiger partial charge in [-0.15, -0.1) is 5.10 Å². The van der Waals surface area contributed by atoms with Crippen LogP contribution < -0.4 is 28.5 Å². The van der Waals surface area contributed by atoms with Gasteiger partial charge in [0.2, 0.25) is 15.1 Å². The Balaban J connectivity index is -0.000000885. The third kappa shape index (κ3) is 29.3. The molecule has 0 spiro atoms. The van der Waals surface area contributed by atoms with Crippen molar-refractivity contribution in [2.75, 3.05) is 44.6 Å². The van der Waals surface area contributed by atoms with Crippen LogP contribution in [0.25, 0.3) is 11.5 Å². The molecule has 0 radical (unpaired) electrons. The Hall–Kier alpha value is -7.64. The summed E-state index contributed by atoms with van der Waals surface area (Å²) < 4.78 is 167. The molecule has 430 valence electrons. The summed E-state index contributed by atoms with van der Waals surface area (Å²) >= 11 is 0. The number of nitrogens with zero attached hydrogens (tertiary/aromatic N) is 4. The fourth-order valence-electron chi connectivity index (χ4n) is 4.44. The smallest absolute Gasteiger partial charge is 0.416 e. The van der Waals surface area contributed by atoms with Crippen LogP contribution in [0.2, 0.25) is 0 Å². The number of alkyl halides is 12. The highest BCUT2D eigenvalue weighted by Gasteiger charge is 2.35. The molecule has 0 saturated heterocycles. The van der Waals surface area contributed by atoms with E-state index in [9.17, 15) is 87.3 Å². The van der Waals surface area contributed by atoms with E-state index in [1.807, 2.05) is 0 Å². The van der Waals surface area contributed by atoms with Crippen molar-refractivity contribution in [1.82, 2.24) is 15.6 Å². The number of hydrazine groups is 1. The van der Waals surface area contributed by atoms with Gasteiger partial charge in [0.1, 0.15) is 0 Å². The number of esters is 1. The molecular formula is C39H41Cl2F12N9O14S. The summed E-state index contributed by atoms with van der Waals surface area (Å²) in [5.74, 6) is 1.13. The molecule has 5 aromatic rings. The third-order valence-electron chi connectivity index (χ3n) is 7.23. The molecule has 38 heteroatoms. The summed E-state index contributed by atoms with van der Waals surface area (Å²) in [5.41, 5.74) is 9.63. The zero-order valence-electron chi connectivity index (χ0n) is 39.0. The lowest BCUT2D eigenvalue weighted by molar-refractivity contribution is -0.385. The molecule has 4 aromatic carbocycles. The number of nitrogen functional groups attached to an aromatic ring is 4. The van der Waals surface area contributed by atoms with Gasteiger partial charge in [-0.3, -0.25) is 30.4 Å². The number of carboxylic acid groups (broad SMARTS) is 1. The molecule has 1 heterocycles. The van der Waals surface area contributed by atoms with Crippen LogP contribution in [0.4, 0.5) is 81.4 Å². The molecule has 0 aliphatic carbocycles. The number of methoxy groups -OCH3 is 1. The molecule has 0 fully saturated rings. The van der Waals surface area contributed by atoms with Gasteiger partial charge in [-0.2, -0.15) is 52.7 Å². The molecule has 77 heavy (non-hydrogen) atoms. The first kappa shape index (κ1) is 73.6. The van der Waals surface area contributed by atoms with Gasteiger partial charge in [-0.05, 0) is 62.4 Å². The van der Waals surface area contributed by atoms with Crippen LogP contribution in [0, 0.1) is 20.2 Å². The van der Waals surface area contributed by atoms with E-state index in [0.29, 0.717) is 30.3 Å². The number of carboxylic acids is 1. The van der Waals surface area contributed by atoms with Crippen LogP contribution in [0.5, 0.6) is 0 Å². The number of benzene rings is 4. The Morgan fingerprint density at radius 1 is 0.649 bits per heavy atom. The van der Waals surface area contributed by atoms with Crippen LogP contribution in [0.1, 0.15) is 67.2 Å². The highest BCUT2D eigenvalue weighted by Crippen LogP contribution is 2.36. The number of hydrogen-bond acceptors (Lipinski definition) is 19. The summed E-state index contributed by atoms with van der Waals surface area (Å²) in [7, 11) is 9.32. The summed E-state index contributed by atoms with van der Waals surface area (Å²) in [6.45, 7) is 3.86. The number of aliphatic hydroxyl groups is 3. The minimum atomic E-state index is -4.82. The molecule has 1 amide bonds. The summed E-state index contributed by atoms with van der Waals surface area (Å²) in [6, 6.07) is 8.06. The number of ether oxygens (including phenoxy) is 1. The van der Waals surface area contributed by atoms with Gasteiger partial charge in [-0.1, -0.05) is 5.10 Å². The summed E-state index contributed by atoms with van der Waals surface area (Å²) in [6.07, 6.45) is -18.6. The number of aliphatic hydroxyl groups excluding tert-OH is 3. The molecule has 0 aliphatic rings. The lowest BCUT2D eigenvalue weighted by Crippen LogP contribution is -2.30. The zero-order chi connectivity index (χ0) is 61.0. The number of hydrogen-bond donors (Lipinski definition) is 9. The molecule has 0 bridgehead atoms. The van der Waals surface area contributed by atoms with Crippen molar-refractivity contribution in [1.29, 1.82) is 0 Å². The summed E-state index contributed by atoms with van der Waals surface area (Å²) in [5, 5.41) is 58.2. The molecule has 5 rings (SSSR count). The Morgan fingerprint density at radius 3 is 1.31 bits per heavy atom. The van der Waals surface area contributed by atoms with Crippen molar-refractivity contribution in [2.24, 2.45) is 5.84 Å². The maximum absolute atomic E-state index is 12.5. The van der Waals surface area contributed by atoms with Gasteiger partial charge in [0.15, 0.2) is 0 Å². The Bertz CT molecular complexity index is 2700. The maximum atomic E-state index is 12.5. The number of nitro benzene ring substituents is 2. The summed E-state index contributed by atoms with van der Waals surface area (Å²) in [4.78, 5) is 51.1. The van der Waals surface area contributed by atoms with Crippen LogP contribution in [-0.2, 0) is 38.7 Å². The first-order chi connectivity index (χ1) is 35.2. The number of non-ortho nitro benzene ring substituents is 2. The van der Waals surface area contributed by atoms with E-state index in [2.05, 4.69) is 36.3 Å². The van der Waals surface area contributed by atoms with Gasteiger partial charge >= 0.3 is 42.7 Å². The predicted octanol–water partition coefficient (Wildman–Crippen LogP) is 8.17. The molecule has 0 atom stereocenters. The van der Waals surface area contributed by atoms with Crippen molar-refractivity contribution in [3.63, 3.8) is 0 Å². The number of carbonyl (C=O) groups is 3. The van der Waals surface area contributed by atoms with E-state index < -0.39 is 106 Å². The van der Waals surface area contributed by atoms with E-state index in [4.69, 9.17) is 52.1 Å². The number of amides is 1. The number of nitrogens with two attached hydrogens (primary N) is 4. The number of rotatable bonds is 6. The van der Waals surface area contributed by atoms with Crippen molar-refractivity contribution in [3.05, 3.63) is 132 Å². The zero-order valence-corrected chi connectivity index (χ0v) is 41.3. The molecular weight excluding hydrogens is 1150 g/mol. The standard InChI is InChI=1S/C9H7F3N4O.C9H6F3NO4.C8H8F3N3O.C8H4F3NO4.2C2H6O.CH4O.Cl2OS/c10-9(11,12)5-1-4(2-6(13)3-5)7-15-16-8(14)17-7;1-17-8(14)5-2-6(9(10,11)12)4-7(3-5)13(15)16;9-8(10,11)5-1-4(7(15)14-13)2-6(12)3-5;9-8(10,11)5-1-4(7(13)14)2-6(3-5)12(15)16;2*1-2-3;1-2;1-4(2)3/h1-3H,13H2,(H2,14,16);2-4H,1H3;1-3H,12-13H2,(H,14,15);1-3H,(H,13,14);2*3H,2H2,1H3;2H,1H3;. The number of anilines is 3. The van der Waals surface area contributed by atoms with Gasteiger partial charge in [0.05, 0.1) is 50.3 Å². The number of halogens is 14. The van der Waals surface area contributed by atoms with Crippen molar-refractivity contribution in [2.45, 2.75) is 38.6 Å². The second kappa shape index (κ2) is 34.1. The Morgan fingerprint density at radius 2 is 0.987 bits per heavy atom. The topological polar surface area (TPSA) is 400 Å².